The van der Waals surface area contributed by atoms with Gasteiger partial charge in [-0.15, -0.1) is 0 Å². The molecule has 1 saturated heterocycles. The lowest BCUT2D eigenvalue weighted by Gasteiger charge is -2.49. The van der Waals surface area contributed by atoms with Crippen LogP contribution in [-0.4, -0.2) is 46.5 Å². The van der Waals surface area contributed by atoms with Crippen LogP contribution in [0.3, 0.4) is 0 Å². The molecule has 0 bridgehead atoms. The van der Waals surface area contributed by atoms with Gasteiger partial charge in [-0.1, -0.05) is 24.3 Å². The van der Waals surface area contributed by atoms with E-state index in [1.165, 1.54) is 11.1 Å². The monoisotopic (exact) mass is 479 g/mol. The van der Waals surface area contributed by atoms with Gasteiger partial charge in [0.15, 0.2) is 11.7 Å². The van der Waals surface area contributed by atoms with Crippen LogP contribution in [0.2, 0.25) is 0 Å². The van der Waals surface area contributed by atoms with Crippen molar-refractivity contribution >= 4 is 17.3 Å². The SMILES string of the molecule is N[C@@H]1c2ccccc2C[C@@]12CCN1c3nc4c(nc3OC[C@H]1C2)C(N1CCCc2ncccc21)=NC4. The van der Waals surface area contributed by atoms with Crippen molar-refractivity contribution in [1.82, 2.24) is 15.0 Å². The third kappa shape index (κ3) is 2.85. The van der Waals surface area contributed by atoms with Gasteiger partial charge in [-0.25, -0.2) is 9.97 Å². The van der Waals surface area contributed by atoms with Crippen molar-refractivity contribution in [3.8, 4) is 5.88 Å². The number of rotatable bonds is 0. The van der Waals surface area contributed by atoms with Crippen molar-refractivity contribution in [2.24, 2.45) is 16.1 Å². The fourth-order valence-electron chi connectivity index (χ4n) is 7.14. The number of benzene rings is 1. The number of fused-ring (bicyclic) bond motifs is 6. The van der Waals surface area contributed by atoms with Crippen LogP contribution >= 0.6 is 0 Å². The molecule has 0 saturated carbocycles. The number of pyridine rings is 1. The van der Waals surface area contributed by atoms with Gasteiger partial charge in [-0.05, 0) is 60.8 Å². The van der Waals surface area contributed by atoms with Gasteiger partial charge < -0.3 is 20.3 Å². The van der Waals surface area contributed by atoms with Crippen LogP contribution in [0.1, 0.15) is 53.5 Å². The molecule has 3 atom stereocenters. The van der Waals surface area contributed by atoms with Gasteiger partial charge in [0.2, 0.25) is 0 Å². The van der Waals surface area contributed by atoms with Gasteiger partial charge in [0.1, 0.15) is 12.3 Å². The highest BCUT2D eigenvalue weighted by molar-refractivity contribution is 6.11. The molecule has 4 aliphatic heterocycles. The van der Waals surface area contributed by atoms with Crippen LogP contribution in [0.15, 0.2) is 47.6 Å². The fourth-order valence-corrected chi connectivity index (χ4v) is 7.14. The Balaban J connectivity index is 1.09. The van der Waals surface area contributed by atoms with E-state index in [0.717, 1.165) is 79.6 Å². The van der Waals surface area contributed by atoms with E-state index in [4.69, 9.17) is 25.4 Å². The minimum Gasteiger partial charge on any atom is -0.473 e. The summed E-state index contributed by atoms with van der Waals surface area (Å²) in [6.07, 6.45) is 7.04. The lowest BCUT2D eigenvalue weighted by atomic mass is 9.70. The predicted octanol–water partition coefficient (Wildman–Crippen LogP) is 3.19. The third-order valence-electron chi connectivity index (χ3n) is 8.93. The quantitative estimate of drug-likeness (QED) is 0.529. The molecule has 5 aliphatic rings. The maximum Gasteiger partial charge on any atom is 0.258 e. The van der Waals surface area contributed by atoms with Crippen LogP contribution < -0.4 is 20.3 Å². The first-order valence-electron chi connectivity index (χ1n) is 13.1. The standard InChI is InChI=1S/C28H29N7O/c29-24-19-6-2-1-5-17(19)13-28(24)9-12-34-18(14-28)16-36-27-26(34)32-21-15-31-25(23(21)33-27)35-11-4-7-20-22(35)8-3-10-30-20/h1-3,5-6,8,10,18,24H,4,7,9,11-16,29H2/t18-,24-,28-/m1/s1. The summed E-state index contributed by atoms with van der Waals surface area (Å²) in [5.74, 6) is 2.41. The molecule has 2 aromatic heterocycles. The van der Waals surface area contributed by atoms with Crippen molar-refractivity contribution in [3.63, 3.8) is 0 Å². The number of ether oxygens (including phenoxy) is 1. The molecule has 8 rings (SSSR count). The zero-order valence-corrected chi connectivity index (χ0v) is 20.2. The molecule has 8 heteroatoms. The zero-order valence-electron chi connectivity index (χ0n) is 20.2. The molecule has 8 nitrogen and oxygen atoms in total. The summed E-state index contributed by atoms with van der Waals surface area (Å²) in [4.78, 5) is 24.3. The van der Waals surface area contributed by atoms with Crippen LogP contribution in [0, 0.1) is 5.41 Å². The molecule has 0 radical (unpaired) electrons. The highest BCUT2D eigenvalue weighted by Crippen LogP contribution is 2.53. The zero-order chi connectivity index (χ0) is 23.9. The summed E-state index contributed by atoms with van der Waals surface area (Å²) in [6.45, 7) is 3.01. The minimum absolute atomic E-state index is 0.0845. The Bertz CT molecular complexity index is 1420. The molecule has 182 valence electrons. The van der Waals surface area contributed by atoms with Gasteiger partial charge in [0.05, 0.1) is 29.7 Å². The molecule has 2 N–H and O–H groups in total. The van der Waals surface area contributed by atoms with E-state index >= 15 is 0 Å². The number of aryl methyl sites for hydroxylation is 1. The van der Waals surface area contributed by atoms with Crippen LogP contribution in [0.4, 0.5) is 11.5 Å². The summed E-state index contributed by atoms with van der Waals surface area (Å²) >= 11 is 0. The van der Waals surface area contributed by atoms with E-state index in [-0.39, 0.29) is 17.5 Å². The smallest absolute Gasteiger partial charge is 0.258 e. The molecule has 1 aromatic carbocycles. The topological polar surface area (TPSA) is 92.8 Å². The van der Waals surface area contributed by atoms with E-state index in [9.17, 15) is 0 Å². The Morgan fingerprint density at radius 3 is 2.94 bits per heavy atom. The first-order valence-corrected chi connectivity index (χ1v) is 13.1. The summed E-state index contributed by atoms with van der Waals surface area (Å²) < 4.78 is 6.30. The number of nitrogens with two attached hydrogens (primary N) is 1. The van der Waals surface area contributed by atoms with E-state index in [0.29, 0.717) is 19.0 Å². The number of piperidine rings is 1. The Morgan fingerprint density at radius 1 is 1.06 bits per heavy atom. The van der Waals surface area contributed by atoms with Gasteiger partial charge in [0, 0.05) is 25.3 Å². The largest absolute Gasteiger partial charge is 0.473 e. The normalized spacial score (nSPS) is 27.5. The van der Waals surface area contributed by atoms with Crippen LogP contribution in [0.25, 0.3) is 0 Å². The first kappa shape index (κ1) is 20.7. The average Bonchev–Trinajstić information content (AvgIpc) is 3.45. The van der Waals surface area contributed by atoms with Crippen LogP contribution in [0.5, 0.6) is 5.88 Å². The maximum atomic E-state index is 6.85. The number of hydrogen-bond donors (Lipinski definition) is 1. The number of aliphatic imine (C=N–C) groups is 1. The van der Waals surface area contributed by atoms with Gasteiger partial charge in [0.25, 0.3) is 5.88 Å². The number of hydrogen-bond acceptors (Lipinski definition) is 8. The number of nitrogens with zero attached hydrogens (tertiary/aromatic N) is 6. The second kappa shape index (κ2) is 7.49. The van der Waals surface area contributed by atoms with Crippen molar-refractivity contribution < 1.29 is 4.74 Å². The molecule has 0 unspecified atom stereocenters. The minimum atomic E-state index is 0.0845. The lowest BCUT2D eigenvalue weighted by Crippen LogP contribution is -2.54. The predicted molar refractivity (Wildman–Crippen MR) is 138 cm³/mol. The van der Waals surface area contributed by atoms with Crippen molar-refractivity contribution in [2.75, 3.05) is 29.5 Å². The molecule has 1 fully saturated rings. The Morgan fingerprint density at radius 2 is 2.00 bits per heavy atom. The number of amidine groups is 1. The average molecular weight is 480 g/mol. The number of anilines is 2. The second-order valence-corrected chi connectivity index (χ2v) is 10.8. The van der Waals surface area contributed by atoms with Gasteiger partial charge in [-0.3, -0.25) is 9.98 Å². The molecule has 1 aliphatic carbocycles. The van der Waals surface area contributed by atoms with Crippen molar-refractivity contribution in [1.29, 1.82) is 0 Å². The highest BCUT2D eigenvalue weighted by Gasteiger charge is 2.50. The fraction of sp³-hybridized carbons (Fsp3) is 0.429. The molecular formula is C28H29N7O. The molecule has 36 heavy (non-hydrogen) atoms. The summed E-state index contributed by atoms with van der Waals surface area (Å²) in [7, 11) is 0. The first-order chi connectivity index (χ1) is 17.7. The van der Waals surface area contributed by atoms with E-state index in [1.807, 2.05) is 12.3 Å². The van der Waals surface area contributed by atoms with E-state index in [1.54, 1.807) is 0 Å². The van der Waals surface area contributed by atoms with Gasteiger partial charge in [-0.2, -0.15) is 0 Å². The molecule has 1 spiro atoms. The molecule has 0 amide bonds. The second-order valence-electron chi connectivity index (χ2n) is 10.8. The van der Waals surface area contributed by atoms with Crippen molar-refractivity contribution in [3.05, 3.63) is 70.8 Å². The van der Waals surface area contributed by atoms with Crippen molar-refractivity contribution in [2.45, 2.75) is 50.7 Å². The molecular weight excluding hydrogens is 450 g/mol. The van der Waals surface area contributed by atoms with E-state index < -0.39 is 0 Å². The Hall–Kier alpha value is -3.52. The molecule has 6 heterocycles. The summed E-state index contributed by atoms with van der Waals surface area (Å²) in [5, 5.41) is 0. The Labute approximate surface area is 210 Å². The number of aromatic nitrogens is 3. The summed E-state index contributed by atoms with van der Waals surface area (Å²) in [5.41, 5.74) is 13.7. The maximum absolute atomic E-state index is 6.85. The highest BCUT2D eigenvalue weighted by atomic mass is 16.5. The lowest BCUT2D eigenvalue weighted by molar-refractivity contribution is 0.120. The third-order valence-corrected chi connectivity index (χ3v) is 8.93. The van der Waals surface area contributed by atoms with E-state index in [2.05, 4.69) is 45.1 Å². The Kier molecular flexibility index (Phi) is 4.30. The summed E-state index contributed by atoms with van der Waals surface area (Å²) in [6, 6.07) is 13.2. The molecule has 3 aromatic rings. The van der Waals surface area contributed by atoms with Gasteiger partial charge >= 0.3 is 0 Å². The van der Waals surface area contributed by atoms with Crippen LogP contribution in [-0.2, 0) is 19.4 Å².